The molecule has 0 amide bonds. The van der Waals surface area contributed by atoms with E-state index in [0.717, 1.165) is 61.0 Å². The van der Waals surface area contributed by atoms with Crippen LogP contribution in [-0.4, -0.2) is 75.8 Å². The molecule has 182 valence electrons. The Morgan fingerprint density at radius 1 is 1.11 bits per heavy atom. The van der Waals surface area contributed by atoms with Gasteiger partial charge in [-0.25, -0.2) is 15.0 Å². The van der Waals surface area contributed by atoms with Crippen molar-refractivity contribution < 1.29 is 9.84 Å². The summed E-state index contributed by atoms with van der Waals surface area (Å²) in [7, 11) is 1.66. The van der Waals surface area contributed by atoms with Gasteiger partial charge in [-0.15, -0.1) is 0 Å². The van der Waals surface area contributed by atoms with E-state index in [1.54, 1.807) is 19.5 Å². The van der Waals surface area contributed by atoms with E-state index in [-0.39, 0.29) is 6.61 Å². The molecule has 0 atom stereocenters. The quantitative estimate of drug-likeness (QED) is 0.403. The first-order chi connectivity index (χ1) is 17.1. The van der Waals surface area contributed by atoms with Gasteiger partial charge in [-0.2, -0.15) is 0 Å². The van der Waals surface area contributed by atoms with E-state index >= 15 is 0 Å². The third-order valence-electron chi connectivity index (χ3n) is 6.30. The number of aliphatic hydroxyl groups excluding tert-OH is 1. The van der Waals surface area contributed by atoms with Gasteiger partial charge in [-0.1, -0.05) is 17.7 Å². The number of hydrogen-bond donors (Lipinski definition) is 2. The minimum absolute atomic E-state index is 0.193. The van der Waals surface area contributed by atoms with Gasteiger partial charge in [0.05, 0.1) is 42.5 Å². The number of aliphatic hydroxyl groups is 1. The lowest BCUT2D eigenvalue weighted by Gasteiger charge is -2.36. The molecule has 4 heterocycles. The predicted molar refractivity (Wildman–Crippen MR) is 138 cm³/mol. The molecular weight excluding hydrogens is 466 g/mol. The summed E-state index contributed by atoms with van der Waals surface area (Å²) in [5.41, 5.74) is 5.24. The number of halogens is 1. The van der Waals surface area contributed by atoms with Gasteiger partial charge in [-0.3, -0.25) is 9.30 Å². The Morgan fingerprint density at radius 3 is 2.71 bits per heavy atom. The zero-order chi connectivity index (χ0) is 24.4. The van der Waals surface area contributed by atoms with Crippen LogP contribution in [-0.2, 0) is 0 Å². The number of nitrogens with one attached hydrogen (secondary N) is 1. The molecule has 1 aliphatic rings. The van der Waals surface area contributed by atoms with Crippen molar-refractivity contribution in [2.24, 2.45) is 0 Å². The highest BCUT2D eigenvalue weighted by molar-refractivity contribution is 6.32. The Hall–Kier alpha value is -3.40. The normalized spacial score (nSPS) is 14.5. The number of pyridine rings is 1. The van der Waals surface area contributed by atoms with E-state index in [2.05, 4.69) is 44.1 Å². The van der Waals surface area contributed by atoms with Gasteiger partial charge in [0.2, 0.25) is 5.95 Å². The number of methoxy groups -OCH3 is 1. The number of ether oxygens (including phenoxy) is 1. The highest BCUT2D eigenvalue weighted by atomic mass is 35.5. The number of aryl methyl sites for hydroxylation is 1. The summed E-state index contributed by atoms with van der Waals surface area (Å²) in [4.78, 5) is 18.2. The molecule has 9 nitrogen and oxygen atoms in total. The van der Waals surface area contributed by atoms with E-state index < -0.39 is 0 Å². The third kappa shape index (κ3) is 4.75. The molecule has 4 aromatic rings. The van der Waals surface area contributed by atoms with Crippen molar-refractivity contribution in [1.82, 2.24) is 24.3 Å². The fourth-order valence-electron chi connectivity index (χ4n) is 4.47. The Kier molecular flexibility index (Phi) is 6.72. The Bertz CT molecular complexity index is 1330. The lowest BCUT2D eigenvalue weighted by atomic mass is 10.1. The molecule has 35 heavy (non-hydrogen) atoms. The SMILES string of the molecule is COc1cc(N2CCN(CCO)CC2)c(C)cc1Nc1ncc(Cl)c(-c2cnc3ccccn23)n1. The number of benzene rings is 1. The molecule has 1 fully saturated rings. The van der Waals surface area contributed by atoms with Crippen LogP contribution in [0.1, 0.15) is 5.56 Å². The van der Waals surface area contributed by atoms with Crippen molar-refractivity contribution in [3.8, 4) is 17.1 Å². The van der Waals surface area contributed by atoms with Crippen LogP contribution in [0.5, 0.6) is 5.75 Å². The first-order valence-electron chi connectivity index (χ1n) is 11.6. The molecule has 0 bridgehead atoms. The number of hydrogen-bond acceptors (Lipinski definition) is 8. The molecule has 5 rings (SSSR count). The molecule has 0 saturated carbocycles. The van der Waals surface area contributed by atoms with Crippen LogP contribution in [0.4, 0.5) is 17.3 Å². The van der Waals surface area contributed by atoms with Crippen LogP contribution >= 0.6 is 11.6 Å². The van der Waals surface area contributed by atoms with E-state index in [0.29, 0.717) is 22.4 Å². The highest BCUT2D eigenvalue weighted by Gasteiger charge is 2.20. The average molecular weight is 494 g/mol. The Labute approximate surface area is 209 Å². The van der Waals surface area contributed by atoms with Crippen LogP contribution < -0.4 is 15.0 Å². The number of nitrogens with zero attached hydrogens (tertiary/aromatic N) is 6. The lowest BCUT2D eigenvalue weighted by molar-refractivity contribution is 0.188. The van der Waals surface area contributed by atoms with Crippen LogP contribution in [0.2, 0.25) is 5.02 Å². The molecule has 1 aromatic carbocycles. The maximum absolute atomic E-state index is 9.20. The van der Waals surface area contributed by atoms with Crippen molar-refractivity contribution in [1.29, 1.82) is 0 Å². The van der Waals surface area contributed by atoms with Crippen LogP contribution in [0.25, 0.3) is 17.0 Å². The molecule has 0 aliphatic carbocycles. The van der Waals surface area contributed by atoms with Gasteiger partial charge in [0, 0.05) is 50.7 Å². The molecule has 1 aliphatic heterocycles. The number of imidazole rings is 1. The molecular formula is C25H28ClN7O2. The highest BCUT2D eigenvalue weighted by Crippen LogP contribution is 2.36. The van der Waals surface area contributed by atoms with Crippen molar-refractivity contribution >= 4 is 34.6 Å². The van der Waals surface area contributed by atoms with Crippen LogP contribution in [0, 0.1) is 6.92 Å². The monoisotopic (exact) mass is 493 g/mol. The maximum atomic E-state index is 9.20. The van der Waals surface area contributed by atoms with Gasteiger partial charge >= 0.3 is 0 Å². The summed E-state index contributed by atoms with van der Waals surface area (Å²) in [5, 5.41) is 12.9. The Morgan fingerprint density at radius 2 is 1.94 bits per heavy atom. The summed E-state index contributed by atoms with van der Waals surface area (Å²) in [6.45, 7) is 6.65. The van der Waals surface area contributed by atoms with Crippen molar-refractivity contribution in [2.45, 2.75) is 6.92 Å². The zero-order valence-electron chi connectivity index (χ0n) is 19.8. The average Bonchev–Trinajstić information content (AvgIpc) is 3.30. The number of rotatable bonds is 7. The van der Waals surface area contributed by atoms with Gasteiger partial charge in [0.25, 0.3) is 0 Å². The lowest BCUT2D eigenvalue weighted by Crippen LogP contribution is -2.47. The smallest absolute Gasteiger partial charge is 0.227 e. The van der Waals surface area contributed by atoms with Crippen molar-refractivity contribution in [2.75, 3.05) is 56.7 Å². The second-order valence-corrected chi connectivity index (χ2v) is 8.89. The summed E-state index contributed by atoms with van der Waals surface area (Å²) >= 11 is 6.47. The minimum Gasteiger partial charge on any atom is -0.494 e. The first-order valence-corrected chi connectivity index (χ1v) is 11.9. The second kappa shape index (κ2) is 10.1. The summed E-state index contributed by atoms with van der Waals surface area (Å²) in [6.07, 6.45) is 5.28. The molecule has 3 aromatic heterocycles. The predicted octanol–water partition coefficient (Wildman–Crippen LogP) is 3.62. The third-order valence-corrected chi connectivity index (χ3v) is 6.57. The number of anilines is 3. The van der Waals surface area contributed by atoms with Gasteiger partial charge in [0.1, 0.15) is 17.1 Å². The summed E-state index contributed by atoms with van der Waals surface area (Å²) < 4.78 is 7.66. The molecule has 0 spiro atoms. The fourth-order valence-corrected chi connectivity index (χ4v) is 4.66. The number of β-amino-alcohol motifs (C(OH)–C–C–N with tert-alkyl or cyclic N) is 1. The van der Waals surface area contributed by atoms with Crippen molar-refractivity contribution in [3.05, 3.63) is 59.5 Å². The molecule has 0 unspecified atom stereocenters. The second-order valence-electron chi connectivity index (χ2n) is 8.48. The topological polar surface area (TPSA) is 91.0 Å². The number of piperazine rings is 1. The molecule has 10 heteroatoms. The van der Waals surface area contributed by atoms with Crippen LogP contribution in [0.15, 0.2) is 48.9 Å². The van der Waals surface area contributed by atoms with E-state index in [1.807, 2.05) is 28.8 Å². The van der Waals surface area contributed by atoms with E-state index in [4.69, 9.17) is 21.3 Å². The first kappa shape index (κ1) is 23.3. The van der Waals surface area contributed by atoms with E-state index in [1.165, 1.54) is 0 Å². The number of aromatic nitrogens is 4. The zero-order valence-corrected chi connectivity index (χ0v) is 20.5. The van der Waals surface area contributed by atoms with Gasteiger partial charge in [0.15, 0.2) is 0 Å². The maximum Gasteiger partial charge on any atom is 0.227 e. The summed E-state index contributed by atoms with van der Waals surface area (Å²) in [5.74, 6) is 1.12. The standard InChI is InChI=1S/C25H28ClN7O2/c1-17-13-19(22(35-2)14-20(17)32-9-7-31(8-10-32)11-12-34)29-25-28-15-18(26)24(30-25)21-16-27-23-5-3-4-6-33(21)23/h3-6,13-16,34H,7-12H2,1-2H3,(H,28,29,30). The largest absolute Gasteiger partial charge is 0.494 e. The molecule has 0 radical (unpaired) electrons. The molecule has 1 saturated heterocycles. The Balaban J connectivity index is 1.41. The van der Waals surface area contributed by atoms with Gasteiger partial charge < -0.3 is 20.1 Å². The van der Waals surface area contributed by atoms with Gasteiger partial charge in [-0.05, 0) is 30.7 Å². The fraction of sp³-hybridized carbons (Fsp3) is 0.320. The van der Waals surface area contributed by atoms with Crippen molar-refractivity contribution in [3.63, 3.8) is 0 Å². The van der Waals surface area contributed by atoms with E-state index in [9.17, 15) is 5.11 Å². The minimum atomic E-state index is 0.193. The number of fused-ring (bicyclic) bond motifs is 1. The molecule has 2 N–H and O–H groups in total. The van der Waals surface area contributed by atoms with Crippen LogP contribution in [0.3, 0.4) is 0 Å². The summed E-state index contributed by atoms with van der Waals surface area (Å²) in [6, 6.07) is 9.92.